The molecule has 0 radical (unpaired) electrons. The number of halogens is 4. The summed E-state index contributed by atoms with van der Waals surface area (Å²) in [6.45, 7) is 0.729. The summed E-state index contributed by atoms with van der Waals surface area (Å²) in [5.41, 5.74) is -0.670. The Labute approximate surface area is 118 Å². The first-order chi connectivity index (χ1) is 9.45. The van der Waals surface area contributed by atoms with E-state index in [0.717, 1.165) is 6.42 Å². The molecule has 1 atom stereocenters. The molecule has 1 amide bonds. The smallest absolute Gasteiger partial charge is 0.257 e. The fourth-order valence-electron chi connectivity index (χ4n) is 2.29. The van der Waals surface area contributed by atoms with Crippen LogP contribution in [0.15, 0.2) is 6.07 Å². The van der Waals surface area contributed by atoms with Crippen molar-refractivity contribution in [3.05, 3.63) is 29.1 Å². The van der Waals surface area contributed by atoms with Gasteiger partial charge in [-0.25, -0.2) is 8.78 Å². The zero-order valence-corrected chi connectivity index (χ0v) is 11.3. The number of likely N-dealkylation sites (tertiary alicyclic amines) is 1. The molecule has 1 aromatic rings. The van der Waals surface area contributed by atoms with Crippen molar-refractivity contribution >= 4 is 17.5 Å². The largest absolute Gasteiger partial charge is 0.503 e. The molecule has 1 unspecified atom stereocenters. The third-order valence-electron chi connectivity index (χ3n) is 3.39. The van der Waals surface area contributed by atoms with Crippen molar-refractivity contribution < 1.29 is 23.1 Å². The van der Waals surface area contributed by atoms with Crippen molar-refractivity contribution in [2.24, 2.45) is 5.92 Å². The molecule has 1 heterocycles. The number of phenols is 1. The Morgan fingerprint density at radius 1 is 1.40 bits per heavy atom. The topological polar surface area (TPSA) is 40.5 Å². The van der Waals surface area contributed by atoms with Crippen molar-refractivity contribution in [1.29, 1.82) is 0 Å². The lowest BCUT2D eigenvalue weighted by Gasteiger charge is -2.32. The third-order valence-corrected chi connectivity index (χ3v) is 3.82. The Bertz CT molecular complexity index is 539. The van der Waals surface area contributed by atoms with Gasteiger partial charge in [-0.2, -0.15) is 4.39 Å². The Morgan fingerprint density at radius 3 is 2.75 bits per heavy atom. The highest BCUT2D eigenvalue weighted by molar-refractivity contribution is 6.18. The number of carbonyl (C=O) groups excluding carboxylic acids is 1. The van der Waals surface area contributed by atoms with Crippen LogP contribution in [0.2, 0.25) is 0 Å². The van der Waals surface area contributed by atoms with Gasteiger partial charge >= 0.3 is 0 Å². The molecule has 2 rings (SSSR count). The van der Waals surface area contributed by atoms with Crippen LogP contribution in [0.4, 0.5) is 13.2 Å². The van der Waals surface area contributed by atoms with E-state index < -0.39 is 34.7 Å². The van der Waals surface area contributed by atoms with Crippen LogP contribution in [0.25, 0.3) is 0 Å². The summed E-state index contributed by atoms with van der Waals surface area (Å²) < 4.78 is 39.9. The quantitative estimate of drug-likeness (QED) is 0.674. The van der Waals surface area contributed by atoms with Crippen molar-refractivity contribution in [3.8, 4) is 5.75 Å². The number of phenolic OH excluding ortho intramolecular Hbond substituents is 1. The maximum Gasteiger partial charge on any atom is 0.257 e. The van der Waals surface area contributed by atoms with Crippen molar-refractivity contribution in [2.75, 3.05) is 19.0 Å². The van der Waals surface area contributed by atoms with E-state index in [1.165, 1.54) is 4.90 Å². The zero-order chi connectivity index (χ0) is 14.9. The van der Waals surface area contributed by atoms with Gasteiger partial charge in [-0.1, -0.05) is 0 Å². The van der Waals surface area contributed by atoms with E-state index in [4.69, 9.17) is 16.7 Å². The summed E-state index contributed by atoms with van der Waals surface area (Å²) in [5.74, 6) is -6.38. The average Bonchev–Trinajstić information content (AvgIpc) is 2.48. The van der Waals surface area contributed by atoms with Crippen LogP contribution in [0.5, 0.6) is 5.75 Å². The van der Waals surface area contributed by atoms with Gasteiger partial charge in [-0.05, 0) is 24.8 Å². The number of hydrogen-bond acceptors (Lipinski definition) is 2. The van der Waals surface area contributed by atoms with Gasteiger partial charge in [0.2, 0.25) is 5.82 Å². The Balaban J connectivity index is 2.29. The highest BCUT2D eigenvalue weighted by Crippen LogP contribution is 2.28. The maximum absolute atomic E-state index is 13.7. The highest BCUT2D eigenvalue weighted by Gasteiger charge is 2.29. The first kappa shape index (κ1) is 15.0. The molecule has 110 valence electrons. The lowest BCUT2D eigenvalue weighted by atomic mass is 9.99. The summed E-state index contributed by atoms with van der Waals surface area (Å²) in [7, 11) is 0. The van der Waals surface area contributed by atoms with Gasteiger partial charge in [0.05, 0.1) is 5.56 Å². The predicted molar refractivity (Wildman–Crippen MR) is 67.3 cm³/mol. The second-order valence-electron chi connectivity index (χ2n) is 4.80. The zero-order valence-electron chi connectivity index (χ0n) is 10.5. The summed E-state index contributed by atoms with van der Waals surface area (Å²) in [4.78, 5) is 13.5. The van der Waals surface area contributed by atoms with Gasteiger partial charge in [0.1, 0.15) is 0 Å². The Hall–Kier alpha value is -1.43. The number of hydrogen-bond donors (Lipinski definition) is 1. The van der Waals surface area contributed by atoms with E-state index in [9.17, 15) is 18.0 Å². The molecule has 1 aromatic carbocycles. The number of rotatable bonds is 2. The van der Waals surface area contributed by atoms with E-state index in [2.05, 4.69) is 0 Å². The van der Waals surface area contributed by atoms with Gasteiger partial charge in [-0.3, -0.25) is 4.79 Å². The van der Waals surface area contributed by atoms with E-state index >= 15 is 0 Å². The molecule has 3 nitrogen and oxygen atoms in total. The van der Waals surface area contributed by atoms with Crippen molar-refractivity contribution in [3.63, 3.8) is 0 Å². The minimum absolute atomic E-state index is 0.0938. The van der Waals surface area contributed by atoms with E-state index in [-0.39, 0.29) is 5.92 Å². The molecular formula is C13H13ClF3NO2. The lowest BCUT2D eigenvalue weighted by Crippen LogP contribution is -2.40. The molecule has 20 heavy (non-hydrogen) atoms. The van der Waals surface area contributed by atoms with Crippen LogP contribution in [0.1, 0.15) is 23.2 Å². The first-order valence-corrected chi connectivity index (χ1v) is 6.70. The third kappa shape index (κ3) is 2.70. The number of nitrogens with zero attached hydrogens (tertiary/aromatic N) is 1. The van der Waals surface area contributed by atoms with Gasteiger partial charge < -0.3 is 10.0 Å². The van der Waals surface area contributed by atoms with Crippen LogP contribution in [-0.4, -0.2) is 34.9 Å². The number of carbonyl (C=O) groups is 1. The number of benzene rings is 1. The molecule has 0 bridgehead atoms. The second-order valence-corrected chi connectivity index (χ2v) is 5.10. The SMILES string of the molecule is O=C(c1cc(F)c(F)c(O)c1F)N1CCCC(CCl)C1. The summed E-state index contributed by atoms with van der Waals surface area (Å²) >= 11 is 5.74. The maximum atomic E-state index is 13.7. The van der Waals surface area contributed by atoms with E-state index in [1.807, 2.05) is 0 Å². The average molecular weight is 308 g/mol. The fraction of sp³-hybridized carbons (Fsp3) is 0.462. The van der Waals surface area contributed by atoms with Crippen LogP contribution >= 0.6 is 11.6 Å². The van der Waals surface area contributed by atoms with Gasteiger partial charge in [0.15, 0.2) is 17.4 Å². The van der Waals surface area contributed by atoms with Gasteiger partial charge in [0.25, 0.3) is 5.91 Å². The fourth-order valence-corrected chi connectivity index (χ4v) is 2.54. The Morgan fingerprint density at radius 2 is 2.10 bits per heavy atom. The standard InChI is InChI=1S/C13H13ClF3NO2/c14-5-7-2-1-3-18(6-7)13(20)8-4-9(15)11(17)12(19)10(8)16/h4,7,19H,1-3,5-6H2. The molecule has 1 N–H and O–H groups in total. The Kier molecular flexibility index (Phi) is 4.42. The number of piperidine rings is 1. The molecule has 1 fully saturated rings. The molecule has 7 heteroatoms. The van der Waals surface area contributed by atoms with E-state index in [0.29, 0.717) is 31.5 Å². The molecular weight excluding hydrogens is 295 g/mol. The number of amides is 1. The van der Waals surface area contributed by atoms with E-state index in [1.54, 1.807) is 0 Å². The minimum Gasteiger partial charge on any atom is -0.503 e. The summed E-state index contributed by atoms with van der Waals surface area (Å²) in [6.07, 6.45) is 1.57. The molecule has 1 aliphatic rings. The summed E-state index contributed by atoms with van der Waals surface area (Å²) in [5, 5.41) is 9.13. The summed E-state index contributed by atoms with van der Waals surface area (Å²) in [6, 6.07) is 0.469. The normalized spacial score (nSPS) is 19.2. The minimum atomic E-state index is -1.70. The predicted octanol–water partition coefficient (Wildman–Crippen LogP) is 2.90. The highest BCUT2D eigenvalue weighted by atomic mass is 35.5. The molecule has 1 aliphatic heterocycles. The first-order valence-electron chi connectivity index (χ1n) is 6.17. The van der Waals surface area contributed by atoms with Gasteiger partial charge in [0, 0.05) is 19.0 Å². The van der Waals surface area contributed by atoms with Crippen LogP contribution < -0.4 is 0 Å². The van der Waals surface area contributed by atoms with Crippen LogP contribution in [-0.2, 0) is 0 Å². The van der Waals surface area contributed by atoms with Crippen molar-refractivity contribution in [2.45, 2.75) is 12.8 Å². The second kappa shape index (κ2) is 5.91. The van der Waals surface area contributed by atoms with Crippen LogP contribution in [0, 0.1) is 23.4 Å². The lowest BCUT2D eigenvalue weighted by molar-refractivity contribution is 0.0678. The monoisotopic (exact) mass is 307 g/mol. The van der Waals surface area contributed by atoms with Crippen LogP contribution in [0.3, 0.4) is 0 Å². The molecule has 0 spiro atoms. The molecule has 1 saturated heterocycles. The molecule has 0 aromatic heterocycles. The molecule has 0 saturated carbocycles. The van der Waals surface area contributed by atoms with Crippen molar-refractivity contribution in [1.82, 2.24) is 4.90 Å². The number of aromatic hydroxyl groups is 1. The van der Waals surface area contributed by atoms with Gasteiger partial charge in [-0.15, -0.1) is 11.6 Å². The number of alkyl halides is 1. The molecule has 0 aliphatic carbocycles.